The number of hydrogen-bond donors (Lipinski definition) is 0. The molecule has 5 rings (SSSR count). The number of methoxy groups -OCH3 is 1. The van der Waals surface area contributed by atoms with Gasteiger partial charge in [-0.3, -0.25) is 0 Å². The largest absolute Gasteiger partial charge is 0.483 e. The molecule has 4 unspecified atom stereocenters. The average Bonchev–Trinajstić information content (AvgIpc) is 2.62. The third-order valence-electron chi connectivity index (χ3n) is 7.98. The number of ether oxygens (including phenoxy) is 2. The van der Waals surface area contributed by atoms with Crippen molar-refractivity contribution in [3.63, 3.8) is 0 Å². The molecule has 5 aliphatic rings. The molecule has 0 spiro atoms. The number of hydrogen-bond acceptors (Lipinski definition) is 5. The lowest BCUT2D eigenvalue weighted by Gasteiger charge is -2.88. The van der Waals surface area contributed by atoms with Crippen molar-refractivity contribution >= 4 is 5.90 Å². The van der Waals surface area contributed by atoms with Crippen LogP contribution in [0.4, 0.5) is 0 Å². The van der Waals surface area contributed by atoms with Crippen LogP contribution in [0.5, 0.6) is 0 Å². The van der Waals surface area contributed by atoms with Gasteiger partial charge in [0.2, 0.25) is 5.90 Å². The van der Waals surface area contributed by atoms with E-state index in [9.17, 15) is 10.5 Å². The molecule has 3 saturated carbocycles. The summed E-state index contributed by atoms with van der Waals surface area (Å²) in [7, 11) is 1.56. The van der Waals surface area contributed by atoms with E-state index in [1.165, 1.54) is 0 Å². The summed E-state index contributed by atoms with van der Waals surface area (Å²) in [6.45, 7) is 6.34. The van der Waals surface area contributed by atoms with Crippen LogP contribution in [0.15, 0.2) is 4.99 Å². The van der Waals surface area contributed by atoms with Gasteiger partial charge in [0.15, 0.2) is 11.0 Å². The standard InChI is InChI=1S/C15H15N3O2/c1-11-7-8-12(11,2)13(3)15(8,6-17)20-9(7)14(11,5-16)10(18-13)19-4/h7-9H,1-4H3/t7?,8?,9-,11?,12?,13-,14+,15+/m0/s1. The van der Waals surface area contributed by atoms with E-state index in [0.29, 0.717) is 11.8 Å². The van der Waals surface area contributed by atoms with Crippen molar-refractivity contribution in [3.8, 4) is 12.1 Å². The molecule has 0 aromatic carbocycles. The number of rotatable bonds is 0. The molecule has 8 atom stereocenters. The Hall–Kier alpha value is -1.59. The normalized spacial score (nSPS) is 69.5. The molecule has 102 valence electrons. The Bertz CT molecular complexity index is 720. The smallest absolute Gasteiger partial charge is 0.208 e. The van der Waals surface area contributed by atoms with Crippen LogP contribution in [0.1, 0.15) is 20.8 Å². The van der Waals surface area contributed by atoms with Crippen LogP contribution < -0.4 is 0 Å². The fraction of sp³-hybridized carbons (Fsp3) is 0.800. The van der Waals surface area contributed by atoms with Crippen molar-refractivity contribution in [3.05, 3.63) is 0 Å². The molecular formula is C15H15N3O2. The fourth-order valence-corrected chi connectivity index (χ4v) is 6.99. The second-order valence-electron chi connectivity index (χ2n) is 7.41. The Labute approximate surface area is 117 Å². The lowest BCUT2D eigenvalue weighted by molar-refractivity contribution is -0.380. The lowest BCUT2D eigenvalue weighted by Crippen LogP contribution is -2.97. The quantitative estimate of drug-likeness (QED) is 0.663. The molecule has 0 aromatic heterocycles. The first kappa shape index (κ1) is 11.1. The molecule has 0 aromatic rings. The van der Waals surface area contributed by atoms with Gasteiger partial charge in [0, 0.05) is 22.7 Å². The maximum atomic E-state index is 9.89. The Kier molecular flexibility index (Phi) is 1.26. The average molecular weight is 269 g/mol. The fourth-order valence-electron chi connectivity index (χ4n) is 6.99. The van der Waals surface area contributed by atoms with E-state index < -0.39 is 16.6 Å². The molecule has 3 aliphatic carbocycles. The van der Waals surface area contributed by atoms with Gasteiger partial charge in [0.05, 0.1) is 19.3 Å². The van der Waals surface area contributed by atoms with Gasteiger partial charge in [-0.1, -0.05) is 13.8 Å². The summed E-state index contributed by atoms with van der Waals surface area (Å²) in [4.78, 5) is 4.75. The summed E-state index contributed by atoms with van der Waals surface area (Å²) < 4.78 is 11.7. The minimum Gasteiger partial charge on any atom is -0.483 e. The molecule has 0 amide bonds. The van der Waals surface area contributed by atoms with Crippen LogP contribution in [-0.4, -0.2) is 30.3 Å². The van der Waals surface area contributed by atoms with E-state index >= 15 is 0 Å². The number of nitrogens with zero attached hydrogens (tertiary/aromatic N) is 3. The second-order valence-corrected chi connectivity index (χ2v) is 7.41. The van der Waals surface area contributed by atoms with Gasteiger partial charge in [-0.25, -0.2) is 4.99 Å². The van der Waals surface area contributed by atoms with E-state index in [1.807, 2.05) is 6.92 Å². The predicted octanol–water partition coefficient (Wildman–Crippen LogP) is 1.26. The van der Waals surface area contributed by atoms with Crippen LogP contribution in [0.2, 0.25) is 0 Å². The van der Waals surface area contributed by atoms with Crippen molar-refractivity contribution in [2.75, 3.05) is 7.11 Å². The number of nitriles is 2. The summed E-state index contributed by atoms with van der Waals surface area (Å²) in [5, 5.41) is 19.6. The van der Waals surface area contributed by atoms with Crippen molar-refractivity contribution in [2.24, 2.45) is 33.1 Å². The highest BCUT2D eigenvalue weighted by atomic mass is 16.5. The molecule has 5 heteroatoms. The van der Waals surface area contributed by atoms with Gasteiger partial charge in [0.1, 0.15) is 11.6 Å². The third kappa shape index (κ3) is 0.477. The highest BCUT2D eigenvalue weighted by Gasteiger charge is 3.07. The number of fused-ring (bicyclic) bond motifs is 2. The predicted molar refractivity (Wildman–Crippen MR) is 67.3 cm³/mol. The van der Waals surface area contributed by atoms with Crippen LogP contribution in [-0.2, 0) is 9.47 Å². The monoisotopic (exact) mass is 269 g/mol. The Morgan fingerprint density at radius 1 is 1.20 bits per heavy atom. The molecule has 2 aliphatic heterocycles. The molecule has 0 N–H and O–H groups in total. The zero-order valence-corrected chi connectivity index (χ0v) is 11.9. The molecule has 2 heterocycles. The zero-order valence-electron chi connectivity index (χ0n) is 11.9. The third-order valence-corrected chi connectivity index (χ3v) is 7.98. The molecule has 0 radical (unpaired) electrons. The van der Waals surface area contributed by atoms with E-state index in [0.717, 1.165) is 0 Å². The highest BCUT2D eigenvalue weighted by Crippen LogP contribution is 2.98. The van der Waals surface area contributed by atoms with Crippen molar-refractivity contribution in [1.29, 1.82) is 10.5 Å². The van der Waals surface area contributed by atoms with Crippen molar-refractivity contribution in [1.82, 2.24) is 0 Å². The molecule has 4 fully saturated rings. The van der Waals surface area contributed by atoms with E-state index in [4.69, 9.17) is 14.5 Å². The van der Waals surface area contributed by atoms with Crippen LogP contribution in [0.3, 0.4) is 0 Å². The van der Waals surface area contributed by atoms with Gasteiger partial charge < -0.3 is 9.47 Å². The van der Waals surface area contributed by atoms with Gasteiger partial charge in [0.25, 0.3) is 0 Å². The van der Waals surface area contributed by atoms with Gasteiger partial charge in [-0.05, 0) is 6.92 Å². The number of aliphatic imine (C=N–C) groups is 1. The first-order chi connectivity index (χ1) is 9.37. The molecule has 1 saturated heterocycles. The first-order valence-electron chi connectivity index (χ1n) is 7.02. The Balaban J connectivity index is 1.92. The topological polar surface area (TPSA) is 78.4 Å². The first-order valence-corrected chi connectivity index (χ1v) is 7.02. The Morgan fingerprint density at radius 3 is 2.45 bits per heavy atom. The van der Waals surface area contributed by atoms with E-state index in [2.05, 4.69) is 26.0 Å². The molecule has 0 bridgehead atoms. The Morgan fingerprint density at radius 2 is 1.90 bits per heavy atom. The maximum Gasteiger partial charge on any atom is 0.208 e. The highest BCUT2D eigenvalue weighted by molar-refractivity contribution is 5.94. The minimum atomic E-state index is -0.866. The van der Waals surface area contributed by atoms with Crippen LogP contribution in [0, 0.1) is 50.7 Å². The van der Waals surface area contributed by atoms with Gasteiger partial charge in [-0.15, -0.1) is 0 Å². The van der Waals surface area contributed by atoms with E-state index in [-0.39, 0.29) is 22.9 Å². The maximum absolute atomic E-state index is 9.89. The summed E-state index contributed by atoms with van der Waals surface area (Å²) in [6, 6.07) is 4.85. The zero-order chi connectivity index (χ0) is 14.3. The lowest BCUT2D eigenvalue weighted by atomic mass is 9.12. The summed E-state index contributed by atoms with van der Waals surface area (Å²) in [6.07, 6.45) is -0.238. The van der Waals surface area contributed by atoms with Gasteiger partial charge in [-0.2, -0.15) is 10.5 Å². The van der Waals surface area contributed by atoms with Crippen molar-refractivity contribution in [2.45, 2.75) is 38.0 Å². The SMILES string of the molecule is COC1=N[C@@]2(C)C3(C)C4C5[C@H](O[C@]42C#N)[C@@]1(C#N)C53C. The van der Waals surface area contributed by atoms with Gasteiger partial charge >= 0.3 is 0 Å². The molecule has 5 nitrogen and oxygen atoms in total. The summed E-state index contributed by atoms with van der Waals surface area (Å²) in [5.74, 6) is 0.975. The molecule has 20 heavy (non-hydrogen) atoms. The molecular weight excluding hydrogens is 254 g/mol. The summed E-state index contributed by atoms with van der Waals surface area (Å²) >= 11 is 0. The second kappa shape index (κ2) is 2.27. The minimum absolute atomic E-state index is 0.148. The van der Waals surface area contributed by atoms with E-state index in [1.54, 1.807) is 7.11 Å². The van der Waals surface area contributed by atoms with Crippen molar-refractivity contribution < 1.29 is 9.47 Å². The summed E-state index contributed by atoms with van der Waals surface area (Å²) in [5.41, 5.74) is -2.63. The van der Waals surface area contributed by atoms with Crippen LogP contribution in [0.25, 0.3) is 0 Å². The van der Waals surface area contributed by atoms with Crippen LogP contribution >= 0.6 is 0 Å².